The quantitative estimate of drug-likeness (QED) is 0.865. The van der Waals surface area contributed by atoms with Gasteiger partial charge in [0.25, 0.3) is 0 Å². The van der Waals surface area contributed by atoms with Crippen LogP contribution in [0.25, 0.3) is 0 Å². The fourth-order valence-corrected chi connectivity index (χ4v) is 2.83. The Morgan fingerprint density at radius 2 is 1.91 bits per heavy atom. The molecule has 3 rings (SSSR count). The first-order chi connectivity index (χ1) is 10.7. The summed E-state index contributed by atoms with van der Waals surface area (Å²) in [4.78, 5) is 10.9. The minimum absolute atomic E-state index is 0.234. The van der Waals surface area contributed by atoms with Gasteiger partial charge in [0.2, 0.25) is 5.88 Å². The Kier molecular flexibility index (Phi) is 4.90. The van der Waals surface area contributed by atoms with Gasteiger partial charge in [-0.3, -0.25) is 9.88 Å². The summed E-state index contributed by atoms with van der Waals surface area (Å²) in [5.74, 6) is 0.635. The van der Waals surface area contributed by atoms with Crippen LogP contribution in [0.3, 0.4) is 0 Å². The van der Waals surface area contributed by atoms with Crippen LogP contribution in [0, 0.1) is 6.92 Å². The maximum absolute atomic E-state index is 5.93. The number of aryl methyl sites for hydroxylation is 1. The number of halogens is 1. The summed E-state index contributed by atoms with van der Waals surface area (Å²) in [5.41, 5.74) is 2.19. The number of aromatic nitrogens is 2. The molecule has 0 spiro atoms. The molecule has 0 saturated carbocycles. The number of ether oxygens (including phenoxy) is 1. The lowest BCUT2D eigenvalue weighted by Gasteiger charge is -2.31. The molecule has 0 atom stereocenters. The van der Waals surface area contributed by atoms with Crippen molar-refractivity contribution in [3.8, 4) is 5.88 Å². The average molecular weight is 318 g/mol. The number of piperidine rings is 1. The highest BCUT2D eigenvalue weighted by molar-refractivity contribution is 6.30. The fourth-order valence-electron chi connectivity index (χ4n) is 2.70. The molecule has 2 heterocycles. The second-order valence-electron chi connectivity index (χ2n) is 5.72. The summed E-state index contributed by atoms with van der Waals surface area (Å²) >= 11 is 5.92. The zero-order valence-corrected chi connectivity index (χ0v) is 13.5. The maximum atomic E-state index is 5.93. The van der Waals surface area contributed by atoms with Gasteiger partial charge in [-0.25, -0.2) is 4.98 Å². The highest BCUT2D eigenvalue weighted by atomic mass is 35.5. The zero-order chi connectivity index (χ0) is 15.4. The Hall–Kier alpha value is -1.65. The maximum Gasteiger partial charge on any atom is 0.232 e. The van der Waals surface area contributed by atoms with Gasteiger partial charge in [0.1, 0.15) is 6.10 Å². The average Bonchev–Trinajstić information content (AvgIpc) is 2.52. The van der Waals surface area contributed by atoms with Gasteiger partial charge in [0.05, 0.1) is 11.9 Å². The molecule has 5 heteroatoms. The minimum Gasteiger partial charge on any atom is -0.473 e. The molecule has 0 bridgehead atoms. The molecule has 4 nitrogen and oxygen atoms in total. The highest BCUT2D eigenvalue weighted by Crippen LogP contribution is 2.19. The molecule has 1 fully saturated rings. The molecule has 116 valence electrons. The van der Waals surface area contributed by atoms with Crippen LogP contribution in [-0.2, 0) is 6.54 Å². The van der Waals surface area contributed by atoms with Gasteiger partial charge in [0, 0.05) is 30.9 Å². The molecule has 0 unspecified atom stereocenters. The van der Waals surface area contributed by atoms with Crippen molar-refractivity contribution >= 4 is 11.6 Å². The number of benzene rings is 1. The summed E-state index contributed by atoms with van der Waals surface area (Å²) in [6, 6.07) is 8.08. The third kappa shape index (κ3) is 4.18. The van der Waals surface area contributed by atoms with Crippen LogP contribution in [0.1, 0.15) is 24.1 Å². The first kappa shape index (κ1) is 15.3. The van der Waals surface area contributed by atoms with E-state index in [9.17, 15) is 0 Å². The third-order valence-corrected chi connectivity index (χ3v) is 4.13. The topological polar surface area (TPSA) is 38.2 Å². The van der Waals surface area contributed by atoms with Gasteiger partial charge in [0.15, 0.2) is 0 Å². The monoisotopic (exact) mass is 317 g/mol. The van der Waals surface area contributed by atoms with Crippen LogP contribution >= 0.6 is 11.6 Å². The molecule has 1 aliphatic heterocycles. The van der Waals surface area contributed by atoms with Crippen molar-refractivity contribution in [2.75, 3.05) is 13.1 Å². The summed E-state index contributed by atoms with van der Waals surface area (Å²) in [6.45, 7) is 4.96. The van der Waals surface area contributed by atoms with Crippen LogP contribution in [0.15, 0.2) is 36.7 Å². The van der Waals surface area contributed by atoms with Crippen LogP contribution in [0.2, 0.25) is 5.02 Å². The molecule has 1 aromatic carbocycles. The fraction of sp³-hybridized carbons (Fsp3) is 0.412. The molecule has 0 N–H and O–H groups in total. The normalized spacial score (nSPS) is 16.6. The molecular formula is C17H20ClN3O. The van der Waals surface area contributed by atoms with Gasteiger partial charge >= 0.3 is 0 Å². The standard InChI is InChI=1S/C17H20ClN3O/c1-13-10-19-11-17(20-13)22-16-6-8-21(9-7-16)12-14-2-4-15(18)5-3-14/h2-5,10-11,16H,6-9,12H2,1H3. The van der Waals surface area contributed by atoms with Gasteiger partial charge in [-0.15, -0.1) is 0 Å². The molecule has 1 aliphatic rings. The van der Waals surface area contributed by atoms with E-state index in [1.807, 2.05) is 19.1 Å². The lowest BCUT2D eigenvalue weighted by molar-refractivity contribution is 0.0927. The summed E-state index contributed by atoms with van der Waals surface area (Å²) < 4.78 is 5.93. The molecule has 22 heavy (non-hydrogen) atoms. The largest absolute Gasteiger partial charge is 0.473 e. The summed E-state index contributed by atoms with van der Waals surface area (Å²) in [6.07, 6.45) is 5.69. The lowest BCUT2D eigenvalue weighted by atomic mass is 10.1. The first-order valence-electron chi connectivity index (χ1n) is 7.61. The van der Waals surface area contributed by atoms with E-state index in [1.54, 1.807) is 12.4 Å². The molecule has 0 amide bonds. The number of hydrogen-bond donors (Lipinski definition) is 0. The minimum atomic E-state index is 0.234. The van der Waals surface area contributed by atoms with Crippen molar-refractivity contribution in [3.05, 3.63) is 52.9 Å². The van der Waals surface area contributed by atoms with Crippen LogP contribution in [0.4, 0.5) is 0 Å². The molecule has 0 radical (unpaired) electrons. The zero-order valence-electron chi connectivity index (χ0n) is 12.7. The Balaban J connectivity index is 1.49. The van der Waals surface area contributed by atoms with Crippen molar-refractivity contribution < 1.29 is 4.74 Å². The van der Waals surface area contributed by atoms with E-state index in [0.29, 0.717) is 5.88 Å². The molecule has 2 aromatic rings. The van der Waals surface area contributed by atoms with E-state index >= 15 is 0 Å². The van der Waals surface area contributed by atoms with Crippen molar-refractivity contribution in [3.63, 3.8) is 0 Å². The Morgan fingerprint density at radius 3 is 2.59 bits per heavy atom. The van der Waals surface area contributed by atoms with Crippen LogP contribution < -0.4 is 4.74 Å². The van der Waals surface area contributed by atoms with Crippen molar-refractivity contribution in [2.45, 2.75) is 32.4 Å². The summed E-state index contributed by atoms with van der Waals surface area (Å²) in [7, 11) is 0. The second kappa shape index (κ2) is 7.07. The molecule has 0 aliphatic carbocycles. The van der Waals surface area contributed by atoms with Gasteiger partial charge in [-0.05, 0) is 37.5 Å². The number of hydrogen-bond acceptors (Lipinski definition) is 4. The number of likely N-dealkylation sites (tertiary alicyclic amines) is 1. The Bertz CT molecular complexity index is 610. The van der Waals surface area contributed by atoms with E-state index in [2.05, 4.69) is 27.0 Å². The molecular weight excluding hydrogens is 298 g/mol. The second-order valence-corrected chi connectivity index (χ2v) is 6.15. The number of nitrogens with zero attached hydrogens (tertiary/aromatic N) is 3. The predicted molar refractivity (Wildman–Crippen MR) is 87.1 cm³/mol. The third-order valence-electron chi connectivity index (χ3n) is 3.87. The molecule has 1 saturated heterocycles. The van der Waals surface area contributed by atoms with E-state index in [4.69, 9.17) is 16.3 Å². The smallest absolute Gasteiger partial charge is 0.232 e. The van der Waals surface area contributed by atoms with Gasteiger partial charge in [-0.1, -0.05) is 23.7 Å². The lowest BCUT2D eigenvalue weighted by Crippen LogP contribution is -2.37. The van der Waals surface area contributed by atoms with Gasteiger partial charge in [-0.2, -0.15) is 0 Å². The van der Waals surface area contributed by atoms with Crippen molar-refractivity contribution in [1.29, 1.82) is 0 Å². The Labute approximate surface area is 136 Å². The van der Waals surface area contributed by atoms with E-state index in [1.165, 1.54) is 5.56 Å². The SMILES string of the molecule is Cc1cncc(OC2CCN(Cc3ccc(Cl)cc3)CC2)n1. The van der Waals surface area contributed by atoms with E-state index < -0.39 is 0 Å². The molecule has 1 aromatic heterocycles. The predicted octanol–water partition coefficient (Wildman–Crippen LogP) is 3.48. The van der Waals surface area contributed by atoms with Crippen LogP contribution in [-0.4, -0.2) is 34.1 Å². The van der Waals surface area contributed by atoms with Crippen LogP contribution in [0.5, 0.6) is 5.88 Å². The number of rotatable bonds is 4. The van der Waals surface area contributed by atoms with E-state index in [0.717, 1.165) is 43.2 Å². The van der Waals surface area contributed by atoms with E-state index in [-0.39, 0.29) is 6.10 Å². The van der Waals surface area contributed by atoms with Gasteiger partial charge < -0.3 is 4.74 Å². The first-order valence-corrected chi connectivity index (χ1v) is 7.99. The highest BCUT2D eigenvalue weighted by Gasteiger charge is 2.21. The van der Waals surface area contributed by atoms with Crippen molar-refractivity contribution in [1.82, 2.24) is 14.9 Å². The van der Waals surface area contributed by atoms with Crippen molar-refractivity contribution in [2.24, 2.45) is 0 Å². The summed E-state index contributed by atoms with van der Waals surface area (Å²) in [5, 5.41) is 0.787. The Morgan fingerprint density at radius 1 is 1.18 bits per heavy atom.